The van der Waals surface area contributed by atoms with Crippen LogP contribution in [0.3, 0.4) is 0 Å². The second-order valence-corrected chi connectivity index (χ2v) is 8.25. The van der Waals surface area contributed by atoms with E-state index in [1.165, 1.54) is 0 Å². The topological polar surface area (TPSA) is 75.6 Å². The number of hydrogen-bond donors (Lipinski definition) is 1. The summed E-state index contributed by atoms with van der Waals surface area (Å²) < 4.78 is 5.86. The van der Waals surface area contributed by atoms with Crippen molar-refractivity contribution in [3.63, 3.8) is 0 Å². The summed E-state index contributed by atoms with van der Waals surface area (Å²) in [4.78, 5) is 21.8. The van der Waals surface area contributed by atoms with Gasteiger partial charge in [-0.2, -0.15) is 4.98 Å². The van der Waals surface area contributed by atoms with Gasteiger partial charge in [0.1, 0.15) is 5.52 Å². The third kappa shape index (κ3) is 2.58. The van der Waals surface area contributed by atoms with Gasteiger partial charge in [0, 0.05) is 48.2 Å². The molecule has 0 radical (unpaired) electrons. The molecule has 2 N–H and O–H groups in total. The number of hydrogen-bond acceptors (Lipinski definition) is 5. The van der Waals surface area contributed by atoms with Crippen molar-refractivity contribution in [1.82, 2.24) is 9.88 Å². The minimum Gasteiger partial charge on any atom is -0.423 e. The molecule has 5 rings (SSSR count). The number of benzene rings is 1. The number of carbonyl (C=O) groups excluding carboxylic acids is 1. The molecule has 7 heteroatoms. The first-order valence-corrected chi connectivity index (χ1v) is 9.87. The predicted octanol–water partition coefficient (Wildman–Crippen LogP) is 2.79. The summed E-state index contributed by atoms with van der Waals surface area (Å²) in [5, 5.41) is 0.642. The van der Waals surface area contributed by atoms with Gasteiger partial charge in [0.25, 0.3) is 6.01 Å². The van der Waals surface area contributed by atoms with E-state index in [4.69, 9.17) is 21.8 Å². The highest BCUT2D eigenvalue weighted by molar-refractivity contribution is 6.31. The van der Waals surface area contributed by atoms with Gasteiger partial charge in [-0.3, -0.25) is 4.79 Å². The van der Waals surface area contributed by atoms with E-state index in [-0.39, 0.29) is 18.0 Å². The van der Waals surface area contributed by atoms with Gasteiger partial charge >= 0.3 is 0 Å². The van der Waals surface area contributed by atoms with Crippen LogP contribution in [0.15, 0.2) is 22.6 Å². The lowest BCUT2D eigenvalue weighted by Gasteiger charge is -2.34. The minimum absolute atomic E-state index is 0.0958. The molecule has 3 fully saturated rings. The smallest absolute Gasteiger partial charge is 0.298 e. The summed E-state index contributed by atoms with van der Waals surface area (Å²) in [6, 6.07) is 6.91. The van der Waals surface area contributed by atoms with Gasteiger partial charge in [0.15, 0.2) is 5.58 Å². The Morgan fingerprint density at radius 3 is 2.73 bits per heavy atom. The lowest BCUT2D eigenvalue weighted by atomic mass is 9.95. The van der Waals surface area contributed by atoms with Crippen molar-refractivity contribution in [3.8, 4) is 0 Å². The highest BCUT2D eigenvalue weighted by Gasteiger charge is 2.48. The predicted molar refractivity (Wildman–Crippen MR) is 100 cm³/mol. The fraction of sp³-hybridized carbons (Fsp3) is 0.579. The number of fused-ring (bicyclic) bond motifs is 3. The molecule has 26 heavy (non-hydrogen) atoms. The zero-order chi connectivity index (χ0) is 17.8. The molecular weight excluding hydrogens is 352 g/mol. The number of halogens is 1. The quantitative estimate of drug-likeness (QED) is 0.874. The Labute approximate surface area is 157 Å². The highest BCUT2D eigenvalue weighted by Crippen LogP contribution is 2.39. The average Bonchev–Trinajstić information content (AvgIpc) is 3.32. The van der Waals surface area contributed by atoms with Crippen molar-refractivity contribution >= 4 is 34.6 Å². The Bertz CT molecular complexity index is 845. The van der Waals surface area contributed by atoms with Gasteiger partial charge in [-0.1, -0.05) is 11.6 Å². The van der Waals surface area contributed by atoms with Crippen LogP contribution in [0.1, 0.15) is 32.1 Å². The molecule has 0 saturated carbocycles. The molecular formula is C19H23ClN4O2. The summed E-state index contributed by atoms with van der Waals surface area (Å²) in [6.45, 7) is 1.57. The number of oxazole rings is 1. The van der Waals surface area contributed by atoms with Crippen LogP contribution in [0.2, 0.25) is 5.02 Å². The van der Waals surface area contributed by atoms with Crippen LogP contribution in [0, 0.1) is 5.92 Å². The first-order valence-electron chi connectivity index (χ1n) is 9.49. The van der Waals surface area contributed by atoms with Crippen molar-refractivity contribution in [2.45, 2.75) is 50.2 Å². The maximum atomic E-state index is 13.0. The third-order valence-electron chi connectivity index (χ3n) is 6.29. The number of anilines is 1. The summed E-state index contributed by atoms with van der Waals surface area (Å²) >= 11 is 6.02. The van der Waals surface area contributed by atoms with Gasteiger partial charge in [0.05, 0.1) is 0 Å². The maximum Gasteiger partial charge on any atom is 0.298 e. The van der Waals surface area contributed by atoms with E-state index in [0.29, 0.717) is 28.6 Å². The maximum absolute atomic E-state index is 13.0. The van der Waals surface area contributed by atoms with Crippen molar-refractivity contribution in [2.24, 2.45) is 11.7 Å². The van der Waals surface area contributed by atoms with Crippen LogP contribution >= 0.6 is 11.6 Å². The van der Waals surface area contributed by atoms with Crippen molar-refractivity contribution in [2.75, 3.05) is 18.0 Å². The number of nitrogens with two attached hydrogens (primary N) is 1. The lowest BCUT2D eigenvalue weighted by Crippen LogP contribution is -2.46. The van der Waals surface area contributed by atoms with E-state index in [1.54, 1.807) is 6.07 Å². The van der Waals surface area contributed by atoms with Crippen LogP contribution in [0.5, 0.6) is 0 Å². The summed E-state index contributed by atoms with van der Waals surface area (Å²) in [5.41, 5.74) is 7.70. The molecule has 0 aliphatic carbocycles. The first kappa shape index (κ1) is 16.4. The molecule has 1 aromatic carbocycles. The highest BCUT2D eigenvalue weighted by atomic mass is 35.5. The molecule has 3 saturated heterocycles. The van der Waals surface area contributed by atoms with Crippen molar-refractivity contribution in [1.29, 1.82) is 0 Å². The Balaban J connectivity index is 1.26. The lowest BCUT2D eigenvalue weighted by molar-refractivity contribution is -0.137. The standard InChI is InChI=1S/C19H23ClN4O2/c20-12-1-3-15-17(9-12)26-19(22-15)23-7-5-11(6-8-23)18(25)24-13-2-4-16(24)14(21)10-13/h1,3,9,11,13-14,16H,2,4-8,10,21H2/t13-,14-,16+/m1/s1. The van der Waals surface area contributed by atoms with E-state index >= 15 is 0 Å². The largest absolute Gasteiger partial charge is 0.423 e. The molecule has 2 aromatic rings. The van der Waals surface area contributed by atoms with Crippen molar-refractivity contribution < 1.29 is 9.21 Å². The Kier molecular flexibility index (Phi) is 3.87. The second kappa shape index (κ2) is 6.13. The number of piperidine rings is 1. The van der Waals surface area contributed by atoms with Gasteiger partial charge in [-0.15, -0.1) is 0 Å². The van der Waals surface area contributed by atoms with Gasteiger partial charge in [-0.05, 0) is 44.2 Å². The molecule has 4 heterocycles. The van der Waals surface area contributed by atoms with E-state index in [1.807, 2.05) is 12.1 Å². The Hall–Kier alpha value is -1.79. The van der Waals surface area contributed by atoms with Gasteiger partial charge in [-0.25, -0.2) is 0 Å². The number of rotatable bonds is 2. The Morgan fingerprint density at radius 1 is 1.23 bits per heavy atom. The van der Waals surface area contributed by atoms with Crippen molar-refractivity contribution in [3.05, 3.63) is 23.2 Å². The molecule has 3 aliphatic rings. The number of amides is 1. The summed E-state index contributed by atoms with van der Waals surface area (Å²) in [5.74, 6) is 0.410. The van der Waals surface area contributed by atoms with Gasteiger partial charge < -0.3 is 20.0 Å². The van der Waals surface area contributed by atoms with Crippen LogP contribution in [0.25, 0.3) is 11.1 Å². The van der Waals surface area contributed by atoms with E-state index in [2.05, 4.69) is 14.8 Å². The van der Waals surface area contributed by atoms with Crippen LogP contribution in [0.4, 0.5) is 6.01 Å². The van der Waals surface area contributed by atoms with Crippen LogP contribution < -0.4 is 10.6 Å². The molecule has 0 unspecified atom stereocenters. The summed E-state index contributed by atoms with van der Waals surface area (Å²) in [7, 11) is 0. The molecule has 1 amide bonds. The molecule has 138 valence electrons. The zero-order valence-corrected chi connectivity index (χ0v) is 15.4. The van der Waals surface area contributed by atoms with Gasteiger partial charge in [0.2, 0.25) is 5.91 Å². The minimum atomic E-state index is 0.0958. The van der Waals surface area contributed by atoms with E-state index in [0.717, 1.165) is 50.7 Å². The number of aromatic nitrogens is 1. The number of nitrogens with zero attached hydrogens (tertiary/aromatic N) is 3. The normalized spacial score (nSPS) is 29.1. The molecule has 3 aliphatic heterocycles. The average molecular weight is 375 g/mol. The second-order valence-electron chi connectivity index (χ2n) is 7.81. The Morgan fingerprint density at radius 2 is 2.04 bits per heavy atom. The number of carbonyl (C=O) groups is 1. The van der Waals surface area contributed by atoms with Crippen LogP contribution in [-0.4, -0.2) is 47.0 Å². The molecule has 1 aromatic heterocycles. The molecule has 2 bridgehead atoms. The van der Waals surface area contributed by atoms with E-state index < -0.39 is 0 Å². The fourth-order valence-electron chi connectivity index (χ4n) is 4.93. The molecule has 6 nitrogen and oxygen atoms in total. The summed E-state index contributed by atoms with van der Waals surface area (Å²) in [6.07, 6.45) is 4.84. The molecule has 0 spiro atoms. The zero-order valence-electron chi connectivity index (χ0n) is 14.6. The third-order valence-corrected chi connectivity index (χ3v) is 6.53. The van der Waals surface area contributed by atoms with E-state index in [9.17, 15) is 4.79 Å². The SMILES string of the molecule is N[C@@H]1C[C@H]2CC[C@@H]1N2C(=O)C1CCN(c2nc3ccc(Cl)cc3o2)CC1. The van der Waals surface area contributed by atoms with Crippen LogP contribution in [-0.2, 0) is 4.79 Å². The first-order chi connectivity index (χ1) is 12.6. The fourth-order valence-corrected chi connectivity index (χ4v) is 5.09. The monoisotopic (exact) mass is 374 g/mol. The molecule has 3 atom stereocenters.